The molecule has 13 heavy (non-hydrogen) atoms. The van der Waals surface area contributed by atoms with Gasteiger partial charge in [-0.3, -0.25) is 0 Å². The summed E-state index contributed by atoms with van der Waals surface area (Å²) in [5.41, 5.74) is 0.435. The Hall–Kier alpha value is -1.16. The molecule has 1 heterocycles. The van der Waals surface area contributed by atoms with E-state index in [0.717, 1.165) is 25.1 Å². The van der Waals surface area contributed by atoms with E-state index in [1.165, 1.54) is 0 Å². The van der Waals surface area contributed by atoms with Crippen LogP contribution in [0.5, 0.6) is 5.75 Å². The number of hydrogen-bond acceptors (Lipinski definition) is 2. The Balaban J connectivity index is 2.39. The summed E-state index contributed by atoms with van der Waals surface area (Å²) in [4.78, 5) is 0. The molecule has 4 heteroatoms. The van der Waals surface area contributed by atoms with E-state index < -0.39 is 11.6 Å². The normalized spacial score (nSPS) is 21.2. The van der Waals surface area contributed by atoms with Gasteiger partial charge in [0.15, 0.2) is 11.6 Å². The fourth-order valence-electron chi connectivity index (χ4n) is 1.38. The van der Waals surface area contributed by atoms with E-state index in [1.54, 1.807) is 0 Å². The second-order valence-corrected chi connectivity index (χ2v) is 3.12. The van der Waals surface area contributed by atoms with Gasteiger partial charge in [-0.15, -0.1) is 0 Å². The molecule has 2 nitrogen and oxygen atoms in total. The van der Waals surface area contributed by atoms with Gasteiger partial charge in [0.2, 0.25) is 0 Å². The van der Waals surface area contributed by atoms with Gasteiger partial charge in [-0.05, 0) is 19.0 Å². The summed E-state index contributed by atoms with van der Waals surface area (Å²) < 4.78 is 25.4. The number of halogens is 2. The highest BCUT2D eigenvalue weighted by Gasteiger charge is 2.23. The number of nitrogens with one attached hydrogen (secondary N) is 1. The van der Waals surface area contributed by atoms with E-state index in [-0.39, 0.29) is 11.8 Å². The maximum atomic E-state index is 12.8. The summed E-state index contributed by atoms with van der Waals surface area (Å²) in [7, 11) is 0. The summed E-state index contributed by atoms with van der Waals surface area (Å²) in [6, 6.07) is 1.82. The molecule has 2 N–H and O–H groups in total. The monoisotopic (exact) mass is 185 g/mol. The van der Waals surface area contributed by atoms with Crippen LogP contribution in [0.4, 0.5) is 8.78 Å². The molecule has 0 bridgehead atoms. The average molecular weight is 185 g/mol. The minimum Gasteiger partial charge on any atom is -0.507 e. The van der Waals surface area contributed by atoms with Gasteiger partial charge in [-0.2, -0.15) is 0 Å². The van der Waals surface area contributed by atoms with Gasteiger partial charge in [0.1, 0.15) is 5.75 Å². The first-order valence-electron chi connectivity index (χ1n) is 4.10. The zero-order valence-corrected chi connectivity index (χ0v) is 6.85. The van der Waals surface area contributed by atoms with Gasteiger partial charge in [0, 0.05) is 17.7 Å². The minimum absolute atomic E-state index is 0.0323. The van der Waals surface area contributed by atoms with E-state index in [4.69, 9.17) is 0 Å². The molecule has 1 aromatic rings. The Labute approximate surface area is 74.2 Å². The van der Waals surface area contributed by atoms with E-state index in [9.17, 15) is 13.9 Å². The van der Waals surface area contributed by atoms with Crippen LogP contribution in [-0.2, 0) is 0 Å². The Morgan fingerprint density at radius 3 is 2.46 bits per heavy atom. The average Bonchev–Trinajstić information content (AvgIpc) is 1.96. The second kappa shape index (κ2) is 2.96. The molecule has 0 aliphatic carbocycles. The van der Waals surface area contributed by atoms with Crippen LogP contribution in [0.3, 0.4) is 0 Å². The van der Waals surface area contributed by atoms with Crippen LogP contribution in [0.15, 0.2) is 12.1 Å². The minimum atomic E-state index is -1.01. The van der Waals surface area contributed by atoms with Crippen LogP contribution in [0.25, 0.3) is 0 Å². The van der Waals surface area contributed by atoms with Crippen molar-refractivity contribution in [1.29, 1.82) is 0 Å². The zero-order valence-electron chi connectivity index (χ0n) is 6.85. The largest absolute Gasteiger partial charge is 0.507 e. The Kier molecular flexibility index (Phi) is 1.92. The van der Waals surface area contributed by atoms with E-state index in [2.05, 4.69) is 5.32 Å². The summed E-state index contributed by atoms with van der Waals surface area (Å²) in [5, 5.41) is 12.3. The number of rotatable bonds is 1. The van der Waals surface area contributed by atoms with Crippen LogP contribution in [0, 0.1) is 11.6 Å². The van der Waals surface area contributed by atoms with Crippen molar-refractivity contribution in [2.24, 2.45) is 0 Å². The Morgan fingerprint density at radius 2 is 1.92 bits per heavy atom. The second-order valence-electron chi connectivity index (χ2n) is 3.12. The van der Waals surface area contributed by atoms with Crippen molar-refractivity contribution in [3.63, 3.8) is 0 Å². The van der Waals surface area contributed by atoms with Gasteiger partial charge < -0.3 is 10.4 Å². The first kappa shape index (κ1) is 8.44. The molecule has 1 fully saturated rings. The maximum absolute atomic E-state index is 12.8. The summed E-state index contributed by atoms with van der Waals surface area (Å²) >= 11 is 0. The molecule has 1 aliphatic rings. The first-order valence-corrected chi connectivity index (χ1v) is 4.10. The molecule has 2 rings (SSSR count). The first-order chi connectivity index (χ1) is 6.18. The molecule has 0 aromatic heterocycles. The Bertz CT molecular complexity index is 337. The molecular weight excluding hydrogens is 176 g/mol. The molecule has 1 aliphatic heterocycles. The van der Waals surface area contributed by atoms with Gasteiger partial charge in [-0.25, -0.2) is 8.78 Å². The number of hydrogen-bond donors (Lipinski definition) is 2. The van der Waals surface area contributed by atoms with Crippen molar-refractivity contribution in [3.05, 3.63) is 29.3 Å². The molecule has 0 amide bonds. The standard InChI is InChI=1S/C9H9F2NO/c10-6-3-5(8-1-2-12-8)9(13)4-7(6)11/h3-4,8,12-13H,1-2H2. The lowest BCUT2D eigenvalue weighted by Gasteiger charge is -2.28. The van der Waals surface area contributed by atoms with E-state index in [1.807, 2.05) is 0 Å². The van der Waals surface area contributed by atoms with Gasteiger partial charge >= 0.3 is 0 Å². The topological polar surface area (TPSA) is 32.3 Å². The lowest BCUT2D eigenvalue weighted by Crippen LogP contribution is -2.35. The smallest absolute Gasteiger partial charge is 0.162 e. The van der Waals surface area contributed by atoms with Crippen molar-refractivity contribution in [3.8, 4) is 5.75 Å². The van der Waals surface area contributed by atoms with Crippen molar-refractivity contribution < 1.29 is 13.9 Å². The lowest BCUT2D eigenvalue weighted by atomic mass is 9.97. The highest BCUT2D eigenvalue weighted by molar-refractivity contribution is 5.36. The molecule has 0 spiro atoms. The molecule has 0 saturated carbocycles. The molecule has 0 radical (unpaired) electrons. The van der Waals surface area contributed by atoms with Crippen molar-refractivity contribution in [1.82, 2.24) is 5.32 Å². The van der Waals surface area contributed by atoms with Gasteiger partial charge in [-0.1, -0.05) is 0 Å². The Morgan fingerprint density at radius 1 is 1.31 bits per heavy atom. The number of benzene rings is 1. The van der Waals surface area contributed by atoms with Crippen molar-refractivity contribution in [2.45, 2.75) is 12.5 Å². The molecule has 1 unspecified atom stereocenters. The van der Waals surface area contributed by atoms with Crippen molar-refractivity contribution >= 4 is 0 Å². The molecule has 1 saturated heterocycles. The number of phenolic OH excluding ortho intramolecular Hbond substituents is 1. The van der Waals surface area contributed by atoms with E-state index in [0.29, 0.717) is 5.56 Å². The summed E-state index contributed by atoms with van der Waals surface area (Å²) in [6.45, 7) is 0.850. The van der Waals surface area contributed by atoms with Crippen LogP contribution >= 0.6 is 0 Å². The third-order valence-electron chi connectivity index (χ3n) is 2.27. The van der Waals surface area contributed by atoms with Crippen LogP contribution in [-0.4, -0.2) is 11.7 Å². The van der Waals surface area contributed by atoms with Crippen molar-refractivity contribution in [2.75, 3.05) is 6.54 Å². The highest BCUT2D eigenvalue weighted by Crippen LogP contribution is 2.31. The summed E-state index contributed by atoms with van der Waals surface area (Å²) in [5.74, 6) is -2.11. The fourth-order valence-corrected chi connectivity index (χ4v) is 1.38. The summed E-state index contributed by atoms with van der Waals surface area (Å²) in [6.07, 6.45) is 0.846. The predicted octanol–water partition coefficient (Wildman–Crippen LogP) is 1.70. The van der Waals surface area contributed by atoms with Crippen LogP contribution < -0.4 is 5.32 Å². The van der Waals surface area contributed by atoms with Gasteiger partial charge in [0.25, 0.3) is 0 Å². The zero-order chi connectivity index (χ0) is 9.42. The lowest BCUT2D eigenvalue weighted by molar-refractivity contribution is 0.359. The SMILES string of the molecule is Oc1cc(F)c(F)cc1C1CCN1. The highest BCUT2D eigenvalue weighted by atomic mass is 19.2. The third-order valence-corrected chi connectivity index (χ3v) is 2.27. The van der Waals surface area contributed by atoms with Crippen LogP contribution in [0.1, 0.15) is 18.0 Å². The predicted molar refractivity (Wildman–Crippen MR) is 43.4 cm³/mol. The van der Waals surface area contributed by atoms with Gasteiger partial charge in [0.05, 0.1) is 0 Å². The quantitative estimate of drug-likeness (QED) is 0.698. The molecule has 70 valence electrons. The molecular formula is C9H9F2NO. The maximum Gasteiger partial charge on any atom is 0.162 e. The number of phenols is 1. The molecule has 1 atom stereocenters. The fraction of sp³-hybridized carbons (Fsp3) is 0.333. The molecule has 1 aromatic carbocycles. The van der Waals surface area contributed by atoms with E-state index >= 15 is 0 Å². The number of aromatic hydroxyl groups is 1. The third kappa shape index (κ3) is 1.37. The van der Waals surface area contributed by atoms with Crippen LogP contribution in [0.2, 0.25) is 0 Å².